The van der Waals surface area contributed by atoms with Crippen LogP contribution >= 0.6 is 0 Å². The predicted octanol–water partition coefficient (Wildman–Crippen LogP) is 10.6. The minimum Gasteiger partial charge on any atom is -0.192 e. The highest BCUT2D eigenvalue weighted by atomic mass is 14.4. The summed E-state index contributed by atoms with van der Waals surface area (Å²) < 4.78 is 0. The minimum absolute atomic E-state index is 0.0577. The Labute approximate surface area is 251 Å². The summed E-state index contributed by atoms with van der Waals surface area (Å²) in [4.78, 5) is 0. The molecule has 0 saturated heterocycles. The maximum absolute atomic E-state index is 9.95. The highest BCUT2D eigenvalue weighted by molar-refractivity contribution is 6.22. The van der Waals surface area contributed by atoms with Gasteiger partial charge in [0.15, 0.2) is 0 Å². The highest BCUT2D eigenvalue weighted by Crippen LogP contribution is 2.57. The third-order valence-electron chi connectivity index (χ3n) is 9.34. The van der Waals surface area contributed by atoms with Crippen LogP contribution in [0.1, 0.15) is 5.56 Å². The molecule has 0 aromatic heterocycles. The Balaban J connectivity index is 1.45. The van der Waals surface area contributed by atoms with Crippen LogP contribution in [0.5, 0.6) is 0 Å². The van der Waals surface area contributed by atoms with Crippen LogP contribution in [0.25, 0.3) is 60.9 Å². The number of fused-ring (bicyclic) bond motifs is 3. The molecule has 0 amide bonds. The highest BCUT2D eigenvalue weighted by Gasteiger charge is 2.34. The molecule has 0 radical (unpaired) electrons. The molecule has 0 spiro atoms. The van der Waals surface area contributed by atoms with E-state index in [-0.39, 0.29) is 5.92 Å². The average Bonchev–Trinajstić information content (AvgIpc) is 3.41. The van der Waals surface area contributed by atoms with Gasteiger partial charge in [-0.3, -0.25) is 0 Å². The fourth-order valence-electron chi connectivity index (χ4n) is 7.56. The second-order valence-electron chi connectivity index (χ2n) is 11.5. The first-order valence-corrected chi connectivity index (χ1v) is 14.8. The van der Waals surface area contributed by atoms with Crippen molar-refractivity contribution in [3.05, 3.63) is 174 Å². The van der Waals surface area contributed by atoms with Crippen LogP contribution in [0.4, 0.5) is 0 Å². The predicted molar refractivity (Wildman–Crippen MR) is 178 cm³/mol. The zero-order valence-electron chi connectivity index (χ0n) is 23.4. The fraction of sp³-hybridized carbons (Fsp3) is 0.0238. The summed E-state index contributed by atoms with van der Waals surface area (Å²) >= 11 is 0. The van der Waals surface area contributed by atoms with Gasteiger partial charge in [0.25, 0.3) is 0 Å². The summed E-state index contributed by atoms with van der Waals surface area (Å²) in [6, 6.07) is 40.0. The second kappa shape index (κ2) is 9.15. The van der Waals surface area contributed by atoms with E-state index < -0.39 is 0 Å². The van der Waals surface area contributed by atoms with Gasteiger partial charge in [-0.2, -0.15) is 5.26 Å². The van der Waals surface area contributed by atoms with Gasteiger partial charge >= 0.3 is 0 Å². The molecule has 4 aliphatic carbocycles. The van der Waals surface area contributed by atoms with Gasteiger partial charge in [0, 0.05) is 5.92 Å². The molecular weight excluding hydrogens is 518 g/mol. The Bertz CT molecular complexity index is 2260. The monoisotopic (exact) mass is 543 g/mol. The Kier molecular flexibility index (Phi) is 5.09. The lowest BCUT2D eigenvalue weighted by atomic mass is 9.70. The third kappa shape index (κ3) is 3.38. The summed E-state index contributed by atoms with van der Waals surface area (Å²) in [6.07, 6.45) is 15.1. The minimum atomic E-state index is 0.0577. The van der Waals surface area contributed by atoms with E-state index in [0.29, 0.717) is 0 Å². The smallest absolute Gasteiger partial charge is 0.0994 e. The normalized spacial score (nSPS) is 17.2. The van der Waals surface area contributed by atoms with Crippen molar-refractivity contribution in [3.8, 4) is 50.6 Å². The van der Waals surface area contributed by atoms with Crippen LogP contribution in [-0.4, -0.2) is 0 Å². The summed E-state index contributed by atoms with van der Waals surface area (Å²) in [5, 5.41) is 12.5. The Morgan fingerprint density at radius 3 is 2.00 bits per heavy atom. The zero-order chi connectivity index (χ0) is 28.5. The molecule has 4 aliphatic rings. The van der Waals surface area contributed by atoms with Crippen LogP contribution in [0, 0.1) is 17.2 Å². The second-order valence-corrected chi connectivity index (χ2v) is 11.5. The maximum atomic E-state index is 9.95. The lowest BCUT2D eigenvalue weighted by Gasteiger charge is -2.33. The van der Waals surface area contributed by atoms with Gasteiger partial charge in [0.1, 0.15) is 0 Å². The average molecular weight is 544 g/mol. The van der Waals surface area contributed by atoms with Crippen molar-refractivity contribution >= 4 is 16.3 Å². The number of nitriles is 1. The molecule has 198 valence electrons. The Hall–Kier alpha value is -5.71. The number of hydrogen-bond donors (Lipinski definition) is 0. The molecule has 0 fully saturated rings. The molecule has 1 atom stereocenters. The van der Waals surface area contributed by atoms with E-state index in [2.05, 4.69) is 146 Å². The van der Waals surface area contributed by atoms with Crippen molar-refractivity contribution in [2.45, 2.75) is 0 Å². The molecule has 43 heavy (non-hydrogen) atoms. The SMILES string of the molecule is N#CC1=C2C=CC(c3cc(-c4ccccc4)c4c(c3-c3ccccc3)-c3cccc5cccc-4c35)=C3C=CC=C(C=C1)C23. The van der Waals surface area contributed by atoms with E-state index in [9.17, 15) is 5.26 Å². The molecule has 1 nitrogen and oxygen atoms in total. The van der Waals surface area contributed by atoms with Crippen LogP contribution in [0.3, 0.4) is 0 Å². The van der Waals surface area contributed by atoms with E-state index >= 15 is 0 Å². The summed E-state index contributed by atoms with van der Waals surface area (Å²) in [7, 11) is 0. The van der Waals surface area contributed by atoms with Crippen molar-refractivity contribution in [1.29, 1.82) is 5.26 Å². The standard InChI is InChI=1S/C42H25N/c43-25-30-21-20-29-16-7-17-33-32(23-22-31(30)38(29)33)37-24-36(26-10-3-1-4-11-26)41-34-18-8-14-27-15-9-19-35(39(27)34)42(41)40(37)28-12-5-2-6-13-28/h1-24,38H. The molecular formula is C42H25N. The third-order valence-corrected chi connectivity index (χ3v) is 9.34. The zero-order valence-corrected chi connectivity index (χ0v) is 23.4. The number of nitrogens with zero attached hydrogens (tertiary/aromatic N) is 1. The first kappa shape index (κ1) is 23.9. The molecule has 0 heterocycles. The van der Waals surface area contributed by atoms with Crippen LogP contribution in [-0.2, 0) is 0 Å². The van der Waals surface area contributed by atoms with Gasteiger partial charge in [0.05, 0.1) is 11.6 Å². The first-order chi connectivity index (χ1) is 21.3. The molecule has 1 unspecified atom stereocenters. The fourth-order valence-corrected chi connectivity index (χ4v) is 7.56. The van der Waals surface area contributed by atoms with Crippen molar-refractivity contribution in [2.75, 3.05) is 0 Å². The van der Waals surface area contributed by atoms with Gasteiger partial charge in [-0.15, -0.1) is 0 Å². The number of rotatable bonds is 3. The van der Waals surface area contributed by atoms with Crippen molar-refractivity contribution in [1.82, 2.24) is 0 Å². The van der Waals surface area contributed by atoms with Gasteiger partial charge in [-0.25, -0.2) is 0 Å². The number of benzene rings is 5. The Morgan fingerprint density at radius 2 is 1.26 bits per heavy atom. The molecule has 1 heteroatoms. The lowest BCUT2D eigenvalue weighted by molar-refractivity contribution is 0.875. The molecule has 9 rings (SSSR count). The van der Waals surface area contributed by atoms with Gasteiger partial charge in [-0.1, -0.05) is 134 Å². The largest absolute Gasteiger partial charge is 0.192 e. The van der Waals surface area contributed by atoms with Gasteiger partial charge in [-0.05, 0) is 95.3 Å². The molecule has 0 saturated carbocycles. The molecule has 5 aromatic carbocycles. The maximum Gasteiger partial charge on any atom is 0.0994 e. The number of allylic oxidation sites excluding steroid dienone is 12. The molecule has 0 aliphatic heterocycles. The van der Waals surface area contributed by atoms with Gasteiger partial charge < -0.3 is 0 Å². The first-order valence-electron chi connectivity index (χ1n) is 14.8. The van der Waals surface area contributed by atoms with E-state index in [1.54, 1.807) is 0 Å². The summed E-state index contributed by atoms with van der Waals surface area (Å²) in [5.41, 5.74) is 16.9. The lowest BCUT2D eigenvalue weighted by Crippen LogP contribution is -2.18. The number of hydrogen-bond acceptors (Lipinski definition) is 1. The van der Waals surface area contributed by atoms with Crippen LogP contribution in [0.2, 0.25) is 0 Å². The summed E-state index contributed by atoms with van der Waals surface area (Å²) in [6.45, 7) is 0. The van der Waals surface area contributed by atoms with E-state index in [1.807, 2.05) is 6.08 Å². The van der Waals surface area contributed by atoms with E-state index in [0.717, 1.165) is 11.1 Å². The summed E-state index contributed by atoms with van der Waals surface area (Å²) in [5.74, 6) is 0.0577. The molecule has 0 N–H and O–H groups in total. The van der Waals surface area contributed by atoms with Crippen molar-refractivity contribution in [2.24, 2.45) is 5.92 Å². The van der Waals surface area contributed by atoms with E-state index in [1.165, 1.54) is 77.6 Å². The molecule has 0 bridgehead atoms. The Morgan fingerprint density at radius 1 is 0.535 bits per heavy atom. The van der Waals surface area contributed by atoms with Crippen LogP contribution in [0.15, 0.2) is 168 Å². The van der Waals surface area contributed by atoms with Crippen LogP contribution < -0.4 is 0 Å². The molecule has 5 aromatic rings. The topological polar surface area (TPSA) is 23.8 Å². The van der Waals surface area contributed by atoms with Gasteiger partial charge in [0.2, 0.25) is 0 Å². The van der Waals surface area contributed by atoms with Crippen molar-refractivity contribution < 1.29 is 0 Å². The van der Waals surface area contributed by atoms with Crippen molar-refractivity contribution in [3.63, 3.8) is 0 Å². The quantitative estimate of drug-likeness (QED) is 0.218. The van der Waals surface area contributed by atoms with E-state index in [4.69, 9.17) is 0 Å².